The van der Waals surface area contributed by atoms with Crippen LogP contribution in [0.4, 0.5) is 9.59 Å². The molecular weight excluding hydrogens is 400 g/mol. The van der Waals surface area contributed by atoms with Gasteiger partial charge in [-0.2, -0.15) is 0 Å². The average Bonchev–Trinajstić information content (AvgIpc) is 2.72. The highest BCUT2D eigenvalue weighted by atomic mass is 16.7. The minimum Gasteiger partial charge on any atom is -0.435 e. The first-order valence-corrected chi connectivity index (χ1v) is 10.3. The van der Waals surface area contributed by atoms with Crippen LogP contribution in [-0.2, 0) is 29.1 Å². The molecule has 1 heterocycles. The number of carbonyl (C=O) groups excluding carboxylic acids is 2. The maximum absolute atomic E-state index is 11.7. The van der Waals surface area contributed by atoms with Crippen LogP contribution >= 0.6 is 0 Å². The average molecular weight is 430 g/mol. The Hall–Kier alpha value is -2.98. The van der Waals surface area contributed by atoms with Gasteiger partial charge in [0.15, 0.2) is 6.10 Å². The SMILES string of the molecule is CCOC(=O)OC[C@H]1O[C@H](C#Cc2ccc(C(C)(C)C)cc2)C=C[C@@H]1OC(=O)OCC. The van der Waals surface area contributed by atoms with E-state index < -0.39 is 30.6 Å². The van der Waals surface area contributed by atoms with E-state index in [2.05, 4.69) is 44.7 Å². The van der Waals surface area contributed by atoms with Gasteiger partial charge in [-0.15, -0.1) is 0 Å². The Bertz CT molecular complexity index is 824. The summed E-state index contributed by atoms with van der Waals surface area (Å²) in [5.41, 5.74) is 2.15. The number of rotatable bonds is 5. The van der Waals surface area contributed by atoms with Gasteiger partial charge in [-0.05, 0) is 49.1 Å². The highest BCUT2D eigenvalue weighted by Gasteiger charge is 2.31. The highest BCUT2D eigenvalue weighted by molar-refractivity contribution is 5.61. The van der Waals surface area contributed by atoms with Gasteiger partial charge in [0.2, 0.25) is 0 Å². The molecule has 7 nitrogen and oxygen atoms in total. The summed E-state index contributed by atoms with van der Waals surface area (Å²) in [5, 5.41) is 0. The molecule has 1 aromatic carbocycles. The zero-order chi connectivity index (χ0) is 22.9. The van der Waals surface area contributed by atoms with Crippen molar-refractivity contribution in [3.8, 4) is 11.8 Å². The number of ether oxygens (including phenoxy) is 5. The number of hydrogen-bond donors (Lipinski definition) is 0. The number of hydrogen-bond acceptors (Lipinski definition) is 7. The van der Waals surface area contributed by atoms with Gasteiger partial charge in [-0.1, -0.05) is 44.7 Å². The smallest absolute Gasteiger partial charge is 0.435 e. The maximum Gasteiger partial charge on any atom is 0.508 e. The third-order valence-corrected chi connectivity index (χ3v) is 4.40. The Morgan fingerprint density at radius 2 is 1.61 bits per heavy atom. The third-order valence-electron chi connectivity index (χ3n) is 4.40. The molecule has 3 atom stereocenters. The Morgan fingerprint density at radius 1 is 0.968 bits per heavy atom. The summed E-state index contributed by atoms with van der Waals surface area (Å²) >= 11 is 0. The van der Waals surface area contributed by atoms with E-state index in [4.69, 9.17) is 23.7 Å². The van der Waals surface area contributed by atoms with Gasteiger partial charge in [-0.25, -0.2) is 9.59 Å². The first-order valence-electron chi connectivity index (χ1n) is 10.3. The van der Waals surface area contributed by atoms with Gasteiger partial charge in [0.25, 0.3) is 0 Å². The fraction of sp³-hybridized carbons (Fsp3) is 0.500. The number of carbonyl (C=O) groups is 2. The molecule has 7 heteroatoms. The Labute approximate surface area is 183 Å². The maximum atomic E-state index is 11.7. The molecule has 0 fully saturated rings. The molecule has 31 heavy (non-hydrogen) atoms. The fourth-order valence-electron chi connectivity index (χ4n) is 2.76. The van der Waals surface area contributed by atoms with Crippen molar-refractivity contribution in [1.29, 1.82) is 0 Å². The van der Waals surface area contributed by atoms with Crippen LogP contribution < -0.4 is 0 Å². The van der Waals surface area contributed by atoms with Gasteiger partial charge < -0.3 is 23.7 Å². The molecule has 0 N–H and O–H groups in total. The molecule has 0 aliphatic carbocycles. The van der Waals surface area contributed by atoms with E-state index in [1.165, 1.54) is 5.56 Å². The lowest BCUT2D eigenvalue weighted by Gasteiger charge is -2.29. The normalized spacial score (nSPS) is 20.2. The van der Waals surface area contributed by atoms with E-state index in [9.17, 15) is 9.59 Å². The molecule has 2 rings (SSSR count). The van der Waals surface area contributed by atoms with E-state index in [0.717, 1.165) is 5.56 Å². The van der Waals surface area contributed by atoms with Gasteiger partial charge in [0.05, 0.1) is 13.2 Å². The van der Waals surface area contributed by atoms with Crippen molar-refractivity contribution in [1.82, 2.24) is 0 Å². The second-order valence-corrected chi connectivity index (χ2v) is 7.84. The van der Waals surface area contributed by atoms with Crippen LogP contribution in [0.3, 0.4) is 0 Å². The highest BCUT2D eigenvalue weighted by Crippen LogP contribution is 2.22. The Kier molecular flexibility index (Phi) is 8.95. The summed E-state index contributed by atoms with van der Waals surface area (Å²) in [5.74, 6) is 6.12. The van der Waals surface area contributed by atoms with Crippen molar-refractivity contribution in [2.75, 3.05) is 19.8 Å². The van der Waals surface area contributed by atoms with Crippen molar-refractivity contribution in [3.63, 3.8) is 0 Å². The molecule has 1 aliphatic heterocycles. The van der Waals surface area contributed by atoms with Crippen molar-refractivity contribution < 1.29 is 33.3 Å². The topological polar surface area (TPSA) is 80.3 Å². The number of benzene rings is 1. The summed E-state index contributed by atoms with van der Waals surface area (Å²) in [6, 6.07) is 8.05. The van der Waals surface area contributed by atoms with Crippen LogP contribution in [-0.4, -0.2) is 50.4 Å². The monoisotopic (exact) mass is 430 g/mol. The summed E-state index contributed by atoms with van der Waals surface area (Å²) in [6.45, 7) is 10.0. The molecule has 1 aromatic rings. The van der Waals surface area contributed by atoms with E-state index >= 15 is 0 Å². The molecule has 0 radical (unpaired) electrons. The van der Waals surface area contributed by atoms with Crippen molar-refractivity contribution in [2.45, 2.75) is 58.3 Å². The lowest BCUT2D eigenvalue weighted by molar-refractivity contribution is -0.0865. The van der Waals surface area contributed by atoms with Gasteiger partial charge in [-0.3, -0.25) is 0 Å². The molecule has 0 amide bonds. The first kappa shape index (κ1) is 24.3. The molecule has 0 bridgehead atoms. The van der Waals surface area contributed by atoms with E-state index in [0.29, 0.717) is 0 Å². The second-order valence-electron chi connectivity index (χ2n) is 7.84. The predicted molar refractivity (Wildman–Crippen MR) is 115 cm³/mol. The summed E-state index contributed by atoms with van der Waals surface area (Å²) in [7, 11) is 0. The standard InChI is InChI=1S/C24H30O7/c1-6-27-22(25)29-16-21-20(31-23(26)28-7-2)15-14-19(30-21)13-10-17-8-11-18(12-9-17)24(3,4)5/h8-9,11-12,14-15,19-21H,6-7,16H2,1-5H3/t19-,20+,21-/m1/s1. The molecule has 0 saturated carbocycles. The van der Waals surface area contributed by atoms with Crippen LogP contribution in [0.2, 0.25) is 0 Å². The zero-order valence-electron chi connectivity index (χ0n) is 18.7. The molecule has 1 aliphatic rings. The van der Waals surface area contributed by atoms with Crippen LogP contribution in [0.15, 0.2) is 36.4 Å². The molecule has 0 saturated heterocycles. The quantitative estimate of drug-likeness (QED) is 0.390. The minimum atomic E-state index is -0.828. The third kappa shape index (κ3) is 7.99. The molecule has 0 unspecified atom stereocenters. The van der Waals surface area contributed by atoms with E-state index in [1.807, 2.05) is 12.1 Å². The van der Waals surface area contributed by atoms with Crippen LogP contribution in [0, 0.1) is 11.8 Å². The predicted octanol–water partition coefficient (Wildman–Crippen LogP) is 4.37. The summed E-state index contributed by atoms with van der Waals surface area (Å²) in [4.78, 5) is 23.2. The van der Waals surface area contributed by atoms with Crippen molar-refractivity contribution in [2.24, 2.45) is 0 Å². The first-order chi connectivity index (χ1) is 14.7. The zero-order valence-corrected chi connectivity index (χ0v) is 18.7. The van der Waals surface area contributed by atoms with Gasteiger partial charge >= 0.3 is 12.3 Å². The van der Waals surface area contributed by atoms with Crippen LogP contribution in [0.25, 0.3) is 0 Å². The molecule has 168 valence electrons. The minimum absolute atomic E-state index is 0.0707. The summed E-state index contributed by atoms with van der Waals surface area (Å²) in [6.07, 6.45) is -0.385. The summed E-state index contributed by atoms with van der Waals surface area (Å²) < 4.78 is 25.7. The molecule has 0 aromatic heterocycles. The van der Waals surface area contributed by atoms with E-state index in [1.54, 1.807) is 26.0 Å². The van der Waals surface area contributed by atoms with Crippen LogP contribution in [0.1, 0.15) is 45.7 Å². The van der Waals surface area contributed by atoms with E-state index in [-0.39, 0.29) is 25.2 Å². The molecule has 0 spiro atoms. The lowest BCUT2D eigenvalue weighted by atomic mass is 9.87. The van der Waals surface area contributed by atoms with Crippen LogP contribution in [0.5, 0.6) is 0 Å². The largest absolute Gasteiger partial charge is 0.508 e. The van der Waals surface area contributed by atoms with Gasteiger partial charge in [0.1, 0.15) is 18.8 Å². The Balaban J connectivity index is 2.09. The Morgan fingerprint density at radius 3 is 2.23 bits per heavy atom. The lowest BCUT2D eigenvalue weighted by Crippen LogP contribution is -2.41. The van der Waals surface area contributed by atoms with Crippen molar-refractivity contribution >= 4 is 12.3 Å². The van der Waals surface area contributed by atoms with Crippen molar-refractivity contribution in [3.05, 3.63) is 47.5 Å². The van der Waals surface area contributed by atoms with Gasteiger partial charge in [0, 0.05) is 5.56 Å². The second kappa shape index (κ2) is 11.4. The molecular formula is C24H30O7. The fourth-order valence-corrected chi connectivity index (χ4v) is 2.76.